The molecule has 10 heteroatoms. The maximum Gasteiger partial charge on any atom is 0.319 e. The van der Waals surface area contributed by atoms with Crippen molar-refractivity contribution in [1.82, 2.24) is 19.8 Å². The van der Waals surface area contributed by atoms with Gasteiger partial charge in [-0.1, -0.05) is 43.7 Å². The molecule has 1 N–H and O–H groups in total. The highest BCUT2D eigenvalue weighted by Gasteiger charge is 2.70. The SMILES string of the molecule is CC=CN1CCN(c2nc(OC3(C4CC(O)CN4C)CC3(C)C)nc3c2CCN(c2ccccc2Cl)C3)C[C@@H]1CC#N. The topological polar surface area (TPSA) is 92.0 Å². The van der Waals surface area contributed by atoms with Gasteiger partial charge >= 0.3 is 6.01 Å². The number of para-hydroxylation sites is 1. The number of allylic oxidation sites excluding steroid dienone is 1. The number of likely N-dealkylation sites (tertiary alicyclic amines) is 1. The Morgan fingerprint density at radius 1 is 1.17 bits per heavy atom. The number of hydrogen-bond acceptors (Lipinski definition) is 9. The number of piperazine rings is 1. The minimum atomic E-state index is -0.463. The van der Waals surface area contributed by atoms with Gasteiger partial charge < -0.3 is 24.5 Å². The number of fused-ring (bicyclic) bond motifs is 1. The van der Waals surface area contributed by atoms with E-state index in [0.717, 1.165) is 60.3 Å². The number of anilines is 2. The molecule has 2 saturated heterocycles. The van der Waals surface area contributed by atoms with Gasteiger partial charge in [0.05, 0.1) is 53.6 Å². The van der Waals surface area contributed by atoms with Crippen molar-refractivity contribution in [2.75, 3.05) is 49.6 Å². The summed E-state index contributed by atoms with van der Waals surface area (Å²) in [5.41, 5.74) is 2.59. The molecule has 2 aromatic rings. The van der Waals surface area contributed by atoms with Crippen LogP contribution in [0.15, 0.2) is 36.5 Å². The molecule has 1 aromatic heterocycles. The Morgan fingerprint density at radius 3 is 2.62 bits per heavy atom. The lowest BCUT2D eigenvalue weighted by Crippen LogP contribution is -2.51. The molecule has 1 saturated carbocycles. The fourth-order valence-corrected chi connectivity index (χ4v) is 7.71. The lowest BCUT2D eigenvalue weighted by molar-refractivity contribution is 0.0454. The van der Waals surface area contributed by atoms with Crippen LogP contribution in [0.3, 0.4) is 0 Å². The van der Waals surface area contributed by atoms with Gasteiger partial charge in [0.2, 0.25) is 0 Å². The summed E-state index contributed by atoms with van der Waals surface area (Å²) < 4.78 is 6.91. The molecule has 0 radical (unpaired) electrons. The zero-order valence-corrected chi connectivity index (χ0v) is 25.9. The van der Waals surface area contributed by atoms with Gasteiger partial charge in [0.25, 0.3) is 0 Å². The molecule has 3 fully saturated rings. The number of aliphatic hydroxyl groups excluding tert-OH is 1. The number of ether oxygens (including phenoxy) is 1. The molecule has 9 nitrogen and oxygen atoms in total. The Morgan fingerprint density at radius 2 is 1.95 bits per heavy atom. The average Bonchev–Trinajstić information content (AvgIpc) is 3.32. The van der Waals surface area contributed by atoms with Crippen molar-refractivity contribution in [3.05, 3.63) is 52.8 Å². The van der Waals surface area contributed by atoms with Gasteiger partial charge in [0, 0.05) is 43.7 Å². The second-order valence-corrected chi connectivity index (χ2v) is 13.4. The molecular weight excluding hydrogens is 550 g/mol. The van der Waals surface area contributed by atoms with Crippen molar-refractivity contribution in [3.63, 3.8) is 0 Å². The second-order valence-electron chi connectivity index (χ2n) is 13.0. The Kier molecular flexibility index (Phi) is 7.75. The molecule has 4 atom stereocenters. The minimum absolute atomic E-state index is 0.0605. The first kappa shape index (κ1) is 29.0. The number of likely N-dealkylation sites (N-methyl/N-ethyl adjacent to an activating group) is 1. The van der Waals surface area contributed by atoms with Gasteiger partial charge in [-0.2, -0.15) is 15.2 Å². The van der Waals surface area contributed by atoms with Gasteiger partial charge in [-0.15, -0.1) is 0 Å². The summed E-state index contributed by atoms with van der Waals surface area (Å²) in [6.07, 6.45) is 6.59. The van der Waals surface area contributed by atoms with E-state index in [2.05, 4.69) is 58.8 Å². The number of halogens is 1. The lowest BCUT2D eigenvalue weighted by atomic mass is 9.97. The zero-order chi connectivity index (χ0) is 29.6. The van der Waals surface area contributed by atoms with Crippen molar-refractivity contribution in [2.24, 2.45) is 5.41 Å². The van der Waals surface area contributed by atoms with E-state index in [0.29, 0.717) is 38.5 Å². The number of nitrogens with zero attached hydrogens (tertiary/aromatic N) is 7. The van der Waals surface area contributed by atoms with Gasteiger partial charge in [0.1, 0.15) is 11.4 Å². The number of aromatic nitrogens is 2. The highest BCUT2D eigenvalue weighted by Crippen LogP contribution is 2.62. The van der Waals surface area contributed by atoms with Crippen LogP contribution in [0.4, 0.5) is 11.5 Å². The molecular formula is C32H42ClN7O2. The second kappa shape index (κ2) is 11.2. The van der Waals surface area contributed by atoms with Crippen LogP contribution in [0.5, 0.6) is 6.01 Å². The van der Waals surface area contributed by atoms with Crippen LogP contribution in [0.2, 0.25) is 5.02 Å². The summed E-state index contributed by atoms with van der Waals surface area (Å²) in [6, 6.07) is 10.9. The maximum absolute atomic E-state index is 10.5. The summed E-state index contributed by atoms with van der Waals surface area (Å²) in [5, 5.41) is 20.8. The highest BCUT2D eigenvalue weighted by atomic mass is 35.5. The quantitative estimate of drug-likeness (QED) is 0.507. The van der Waals surface area contributed by atoms with E-state index in [1.165, 1.54) is 0 Å². The monoisotopic (exact) mass is 591 g/mol. The number of hydrogen-bond donors (Lipinski definition) is 1. The fraction of sp³-hybridized carbons (Fsp3) is 0.594. The standard InChI is InChI=1S/C32H42ClN7O2/c1-5-13-38-15-16-40(18-22(38)10-12-34)29-24-11-14-39(27-9-7-6-8-25(27)33)20-26(24)35-30(36-29)42-32(21-31(32,2)3)28-17-23(41)19-37(28)4/h5-9,13,22-23,28,41H,10-11,14-21H2,1-4H3/t22-,23?,28?,32?/m0/s1. The Bertz CT molecular complexity index is 1390. The van der Waals surface area contributed by atoms with E-state index < -0.39 is 5.60 Å². The molecule has 6 rings (SSSR count). The average molecular weight is 592 g/mol. The van der Waals surface area contributed by atoms with E-state index in [1.807, 2.05) is 31.2 Å². The predicted octanol–water partition coefficient (Wildman–Crippen LogP) is 4.24. The zero-order valence-electron chi connectivity index (χ0n) is 25.1. The van der Waals surface area contributed by atoms with Crippen LogP contribution in [-0.4, -0.2) is 88.4 Å². The Balaban J connectivity index is 1.37. The Labute approximate surface area is 254 Å². The van der Waals surface area contributed by atoms with Crippen LogP contribution < -0.4 is 14.5 Å². The largest absolute Gasteiger partial charge is 0.455 e. The van der Waals surface area contributed by atoms with Crippen molar-refractivity contribution in [2.45, 2.75) is 76.8 Å². The van der Waals surface area contributed by atoms with Crippen LogP contribution in [0.1, 0.15) is 51.3 Å². The number of benzene rings is 1. The molecule has 1 aliphatic carbocycles. The van der Waals surface area contributed by atoms with Crippen molar-refractivity contribution < 1.29 is 9.84 Å². The molecule has 4 heterocycles. The third-order valence-corrected chi connectivity index (χ3v) is 10.1. The molecule has 0 spiro atoms. The fourth-order valence-electron chi connectivity index (χ4n) is 7.45. The molecule has 224 valence electrons. The first-order valence-corrected chi connectivity index (χ1v) is 15.5. The van der Waals surface area contributed by atoms with Crippen molar-refractivity contribution >= 4 is 23.1 Å². The summed E-state index contributed by atoms with van der Waals surface area (Å²) in [4.78, 5) is 19.3. The van der Waals surface area contributed by atoms with Crippen LogP contribution in [0, 0.1) is 16.7 Å². The van der Waals surface area contributed by atoms with E-state index in [4.69, 9.17) is 26.3 Å². The van der Waals surface area contributed by atoms with Gasteiger partial charge in [-0.3, -0.25) is 4.90 Å². The van der Waals surface area contributed by atoms with Gasteiger partial charge in [0.15, 0.2) is 0 Å². The molecule has 42 heavy (non-hydrogen) atoms. The smallest absolute Gasteiger partial charge is 0.319 e. The van der Waals surface area contributed by atoms with Crippen molar-refractivity contribution in [1.29, 1.82) is 5.26 Å². The summed E-state index contributed by atoms with van der Waals surface area (Å²) in [5.74, 6) is 0.922. The number of nitriles is 1. The van der Waals surface area contributed by atoms with E-state index >= 15 is 0 Å². The van der Waals surface area contributed by atoms with E-state index in [1.54, 1.807) is 0 Å². The number of rotatable bonds is 7. The molecule has 3 aliphatic heterocycles. The third kappa shape index (κ3) is 5.18. The van der Waals surface area contributed by atoms with Crippen LogP contribution in [-0.2, 0) is 13.0 Å². The number of aliphatic hydroxyl groups is 1. The van der Waals surface area contributed by atoms with Gasteiger partial charge in [-0.25, -0.2) is 0 Å². The number of β-amino-alcohol motifs (C(OH)–C–C–N with tert-alkyl or cyclic N) is 1. The summed E-state index contributed by atoms with van der Waals surface area (Å²) >= 11 is 6.61. The van der Waals surface area contributed by atoms with E-state index in [9.17, 15) is 10.4 Å². The minimum Gasteiger partial charge on any atom is -0.455 e. The Hall–Kier alpha value is -3.06. The van der Waals surface area contributed by atoms with E-state index in [-0.39, 0.29) is 23.6 Å². The predicted molar refractivity (Wildman–Crippen MR) is 165 cm³/mol. The van der Waals surface area contributed by atoms with Crippen LogP contribution in [0.25, 0.3) is 0 Å². The highest BCUT2D eigenvalue weighted by molar-refractivity contribution is 6.33. The van der Waals surface area contributed by atoms with Crippen molar-refractivity contribution in [3.8, 4) is 12.1 Å². The molecule has 0 amide bonds. The molecule has 3 unspecified atom stereocenters. The third-order valence-electron chi connectivity index (χ3n) is 9.77. The molecule has 1 aromatic carbocycles. The maximum atomic E-state index is 10.5. The van der Waals surface area contributed by atoms with Gasteiger partial charge in [-0.05, 0) is 51.6 Å². The summed E-state index contributed by atoms with van der Waals surface area (Å²) in [6.45, 7) is 10.9. The summed E-state index contributed by atoms with van der Waals surface area (Å²) in [7, 11) is 2.07. The first-order valence-electron chi connectivity index (χ1n) is 15.1. The lowest BCUT2D eigenvalue weighted by Gasteiger charge is -2.42. The molecule has 4 aliphatic rings. The molecule has 0 bridgehead atoms. The first-order chi connectivity index (χ1) is 20.2. The normalized spacial score (nSPS) is 29.1. The van der Waals surface area contributed by atoms with Crippen LogP contribution >= 0.6 is 11.6 Å².